The largest absolute Gasteiger partial charge is 0.375 e. The van der Waals surface area contributed by atoms with Crippen LogP contribution in [0.4, 0.5) is 0 Å². The van der Waals surface area contributed by atoms with E-state index in [1.54, 1.807) is 0 Å². The fraction of sp³-hybridized carbons (Fsp3) is 0.0625. The summed E-state index contributed by atoms with van der Waals surface area (Å²) in [5, 5.41) is 1.14. The first kappa shape index (κ1) is 17.8. The zero-order valence-electron chi connectivity index (χ0n) is 12.0. The van der Waals surface area contributed by atoms with Crippen LogP contribution < -0.4 is 18.6 Å². The molecule has 0 N–H and O–H groups in total. The average molecular weight is 400 g/mol. The number of hydrogen-bond donors (Lipinski definition) is 0. The molecule has 0 amide bonds. The van der Waals surface area contributed by atoms with Crippen molar-refractivity contribution >= 4 is 26.9 Å². The predicted molar refractivity (Wildman–Crippen MR) is 78.5 cm³/mol. The molecule has 7 heteroatoms. The first-order valence-electron chi connectivity index (χ1n) is 6.45. The molecule has 0 bridgehead atoms. The molecule has 0 fully saturated rings. The van der Waals surface area contributed by atoms with Crippen LogP contribution in [0, 0.1) is 17.2 Å². The van der Waals surface area contributed by atoms with Crippen molar-refractivity contribution in [2.75, 3.05) is 0 Å². The summed E-state index contributed by atoms with van der Waals surface area (Å²) in [6.45, 7) is 2.11. The van der Waals surface area contributed by atoms with Crippen molar-refractivity contribution in [3.63, 3.8) is 0 Å². The Morgan fingerprint density at radius 1 is 0.870 bits per heavy atom. The van der Waals surface area contributed by atoms with Gasteiger partial charge in [0.15, 0.2) is 0 Å². The van der Waals surface area contributed by atoms with E-state index in [1.807, 2.05) is 36.4 Å². The molecule has 3 aromatic rings. The smallest absolute Gasteiger partial charge is 0.222 e. The Morgan fingerprint density at radius 2 is 1.39 bits per heavy atom. The van der Waals surface area contributed by atoms with Crippen LogP contribution in [0.1, 0.15) is 5.56 Å². The zero-order valence-corrected chi connectivity index (χ0v) is 14.3. The van der Waals surface area contributed by atoms with Crippen LogP contribution in [0.3, 0.4) is 0 Å². The Balaban J connectivity index is 0.000000338. The highest BCUT2D eigenvalue weighted by Crippen LogP contribution is 2.35. The van der Waals surface area contributed by atoms with E-state index in [1.165, 1.54) is 5.56 Å². The maximum absolute atomic E-state index is 8.49. The summed E-state index contributed by atoms with van der Waals surface area (Å²) in [6.07, 6.45) is 0. The molecule has 1 aromatic heterocycles. The predicted octanol–water partition coefficient (Wildman–Crippen LogP) is 0.696. The highest BCUT2D eigenvalue weighted by atomic mass is 79.9. The molecule has 0 atom stereocenters. The molecule has 2 aromatic carbocycles. The monoisotopic (exact) mass is 398 g/mol. The van der Waals surface area contributed by atoms with E-state index in [2.05, 4.69) is 41.1 Å². The van der Waals surface area contributed by atoms with E-state index >= 15 is 0 Å². The van der Waals surface area contributed by atoms with E-state index < -0.39 is 10.2 Å². The van der Waals surface area contributed by atoms with Gasteiger partial charge >= 0.3 is 11.3 Å². The van der Waals surface area contributed by atoms with Gasteiger partial charge in [0.1, 0.15) is 4.47 Å². The Morgan fingerprint density at radius 3 is 2.00 bits per heavy atom. The molecule has 0 spiro atoms. The van der Waals surface area contributed by atoms with Crippen molar-refractivity contribution in [2.24, 2.45) is 0 Å². The minimum Gasteiger partial charge on any atom is -0.222 e. The van der Waals surface area contributed by atoms with Crippen molar-refractivity contribution in [1.82, 2.24) is 0 Å². The maximum Gasteiger partial charge on any atom is 0.375 e. The second kappa shape index (κ2) is 7.35. The summed E-state index contributed by atoms with van der Waals surface area (Å²) in [4.78, 5) is 0. The lowest BCUT2D eigenvalue weighted by molar-refractivity contribution is -2.00. The lowest BCUT2D eigenvalue weighted by Gasteiger charge is -2.17. The molecular weight excluding hydrogens is 388 g/mol. The molecular formula is C16H12BrClO5. The van der Waals surface area contributed by atoms with E-state index in [0.29, 0.717) is 0 Å². The molecule has 0 aliphatic carbocycles. The summed E-state index contributed by atoms with van der Waals surface area (Å²) in [7, 11) is -4.94. The van der Waals surface area contributed by atoms with Crippen LogP contribution >= 0.6 is 15.9 Å². The minimum atomic E-state index is -4.94. The number of para-hydroxylation sites is 1. The summed E-state index contributed by atoms with van der Waals surface area (Å²) in [6, 6.07) is 18.2. The first-order valence-corrected chi connectivity index (χ1v) is 8.48. The third-order valence-electron chi connectivity index (χ3n) is 3.07. The van der Waals surface area contributed by atoms with Crippen molar-refractivity contribution < 1.29 is 33.3 Å². The second-order valence-electron chi connectivity index (χ2n) is 4.61. The third kappa shape index (κ3) is 4.97. The lowest BCUT2D eigenvalue weighted by atomic mass is 10.1. The summed E-state index contributed by atoms with van der Waals surface area (Å²) in [5.74, 6) is 0.881. The number of halogens is 2. The normalized spacial score (nSPS) is 11.0. The highest BCUT2D eigenvalue weighted by Gasteiger charge is 2.22. The maximum atomic E-state index is 8.49. The SMILES string of the molecule is Cc1c(Br)c(-c2ccccc2)[o+]c2ccccc12.[O-][Cl+3]([O-])([O-])[O-]. The van der Waals surface area contributed by atoms with Gasteiger partial charge in [0, 0.05) is 6.07 Å². The van der Waals surface area contributed by atoms with Crippen molar-refractivity contribution in [3.8, 4) is 11.3 Å². The molecule has 0 aliphatic heterocycles. The number of hydrogen-bond acceptors (Lipinski definition) is 4. The van der Waals surface area contributed by atoms with Crippen LogP contribution in [0.5, 0.6) is 0 Å². The number of rotatable bonds is 1. The topological polar surface area (TPSA) is 104 Å². The quantitative estimate of drug-likeness (QED) is 0.560. The van der Waals surface area contributed by atoms with Crippen molar-refractivity contribution in [3.05, 3.63) is 64.6 Å². The average Bonchev–Trinajstić information content (AvgIpc) is 2.50. The summed E-state index contributed by atoms with van der Waals surface area (Å²) >= 11 is 3.64. The van der Waals surface area contributed by atoms with Gasteiger partial charge in [-0.1, -0.05) is 30.3 Å². The molecule has 0 radical (unpaired) electrons. The molecule has 23 heavy (non-hydrogen) atoms. The first-order chi connectivity index (χ1) is 10.8. The van der Waals surface area contributed by atoms with Crippen LogP contribution in [0.25, 0.3) is 22.3 Å². The van der Waals surface area contributed by atoms with Gasteiger partial charge in [-0.05, 0) is 46.6 Å². The van der Waals surface area contributed by atoms with Gasteiger partial charge in [-0.3, -0.25) is 0 Å². The fourth-order valence-corrected chi connectivity index (χ4v) is 2.61. The Bertz CT molecular complexity index is 797. The summed E-state index contributed by atoms with van der Waals surface area (Å²) in [5.41, 5.74) is 3.20. The molecule has 1 heterocycles. The van der Waals surface area contributed by atoms with Crippen LogP contribution in [-0.2, 0) is 0 Å². The van der Waals surface area contributed by atoms with Gasteiger partial charge in [-0.15, -0.1) is 10.2 Å². The third-order valence-corrected chi connectivity index (χ3v) is 4.02. The molecule has 5 nitrogen and oxygen atoms in total. The Labute approximate surface area is 143 Å². The van der Waals surface area contributed by atoms with Crippen molar-refractivity contribution in [1.29, 1.82) is 0 Å². The molecule has 120 valence electrons. The van der Waals surface area contributed by atoms with Gasteiger partial charge < -0.3 is 0 Å². The molecule has 3 rings (SSSR count). The van der Waals surface area contributed by atoms with Gasteiger partial charge in [0.2, 0.25) is 0 Å². The highest BCUT2D eigenvalue weighted by molar-refractivity contribution is 9.10. The number of fused-ring (bicyclic) bond motifs is 1. The number of benzene rings is 2. The minimum absolute atomic E-state index is 0.881. The summed E-state index contributed by atoms with van der Waals surface area (Å²) < 4.78 is 41.0. The van der Waals surface area contributed by atoms with E-state index in [9.17, 15) is 0 Å². The van der Waals surface area contributed by atoms with Crippen LogP contribution in [-0.4, -0.2) is 0 Å². The molecule has 0 saturated heterocycles. The van der Waals surface area contributed by atoms with Gasteiger partial charge in [0.05, 0.1) is 10.9 Å². The van der Waals surface area contributed by atoms with Crippen molar-refractivity contribution in [2.45, 2.75) is 6.92 Å². The molecule has 0 aliphatic rings. The fourth-order valence-electron chi connectivity index (χ4n) is 2.08. The van der Waals surface area contributed by atoms with E-state index in [4.69, 9.17) is 23.1 Å². The lowest BCUT2D eigenvalue weighted by Crippen LogP contribution is -2.68. The zero-order chi connectivity index (χ0) is 17.0. The van der Waals surface area contributed by atoms with E-state index in [-0.39, 0.29) is 0 Å². The van der Waals surface area contributed by atoms with Gasteiger partial charge in [0.25, 0.3) is 0 Å². The van der Waals surface area contributed by atoms with Gasteiger partial charge in [-0.25, -0.2) is 23.1 Å². The van der Waals surface area contributed by atoms with Crippen LogP contribution in [0.2, 0.25) is 0 Å². The second-order valence-corrected chi connectivity index (χ2v) is 6.16. The Hall–Kier alpha value is -1.54. The number of aryl methyl sites for hydroxylation is 1. The van der Waals surface area contributed by atoms with E-state index in [0.717, 1.165) is 26.8 Å². The molecule has 0 unspecified atom stereocenters. The Kier molecular flexibility index (Phi) is 5.69. The standard InChI is InChI=1S/C16H12BrO.ClHO4/c1-11-13-9-5-6-10-14(13)18-16(15(11)17)12-7-3-2-4-8-12;2-1(3,4)5/h2-10H,1H3;(H,2,3,4,5)/q+1;/p-1. The van der Waals surface area contributed by atoms with Gasteiger partial charge in [-0.2, -0.15) is 0 Å². The molecule has 0 saturated carbocycles. The van der Waals surface area contributed by atoms with Crippen LogP contribution in [0.15, 0.2) is 63.5 Å².